The molecule has 0 aliphatic carbocycles. The fraction of sp³-hybridized carbons (Fsp3) is 0.235. The Kier molecular flexibility index (Phi) is 6.00. The number of anilines is 1. The Labute approximate surface area is 146 Å². The molecular formula is C17H20N2O5S. The summed E-state index contributed by atoms with van der Waals surface area (Å²) in [5.41, 5.74) is 1.45. The van der Waals surface area contributed by atoms with Gasteiger partial charge in [-0.15, -0.1) is 0 Å². The number of hydrogen-bond acceptors (Lipinski definition) is 5. The number of aryl methyl sites for hydroxylation is 1. The molecule has 7 nitrogen and oxygen atoms in total. The highest BCUT2D eigenvalue weighted by Crippen LogP contribution is 2.29. The first kappa shape index (κ1) is 18.8. The molecule has 0 aliphatic heterocycles. The molecule has 2 rings (SSSR count). The normalized spacial score (nSPS) is 11.0. The summed E-state index contributed by atoms with van der Waals surface area (Å²) >= 11 is 0. The predicted molar refractivity (Wildman–Crippen MR) is 94.3 cm³/mol. The van der Waals surface area contributed by atoms with Crippen LogP contribution in [0.25, 0.3) is 0 Å². The van der Waals surface area contributed by atoms with E-state index in [9.17, 15) is 13.2 Å². The lowest BCUT2D eigenvalue weighted by Crippen LogP contribution is -2.13. The molecule has 0 atom stereocenters. The molecule has 0 spiro atoms. The van der Waals surface area contributed by atoms with Crippen molar-refractivity contribution in [3.63, 3.8) is 0 Å². The SMILES string of the molecule is COc1ccc(NC(=O)CCc2ccc(S(N)(=O)=O)cc2)cc1OC. The molecule has 1 amide bonds. The van der Waals surface area contributed by atoms with Gasteiger partial charge in [-0.25, -0.2) is 13.6 Å². The highest BCUT2D eigenvalue weighted by Gasteiger charge is 2.09. The summed E-state index contributed by atoms with van der Waals surface area (Å²) in [6.45, 7) is 0. The summed E-state index contributed by atoms with van der Waals surface area (Å²) in [7, 11) is -0.644. The van der Waals surface area contributed by atoms with Gasteiger partial charge in [0.2, 0.25) is 15.9 Å². The number of sulfonamides is 1. The van der Waals surface area contributed by atoms with E-state index in [4.69, 9.17) is 14.6 Å². The number of nitrogens with one attached hydrogen (secondary N) is 1. The summed E-state index contributed by atoms with van der Waals surface area (Å²) < 4.78 is 32.7. The zero-order valence-corrected chi connectivity index (χ0v) is 14.8. The third kappa shape index (κ3) is 5.20. The van der Waals surface area contributed by atoms with Gasteiger partial charge in [0.15, 0.2) is 11.5 Å². The van der Waals surface area contributed by atoms with Gasteiger partial charge in [-0.3, -0.25) is 4.79 Å². The Morgan fingerprint density at radius 2 is 1.68 bits per heavy atom. The summed E-state index contributed by atoms with van der Waals surface area (Å²) in [5.74, 6) is 0.942. The van der Waals surface area contributed by atoms with E-state index in [1.54, 1.807) is 30.3 Å². The second kappa shape index (κ2) is 8.00. The largest absolute Gasteiger partial charge is 0.493 e. The number of ether oxygens (including phenoxy) is 2. The zero-order chi connectivity index (χ0) is 18.4. The molecule has 0 heterocycles. The molecular weight excluding hydrogens is 344 g/mol. The van der Waals surface area contributed by atoms with Crippen LogP contribution in [0, 0.1) is 0 Å². The number of carbonyl (C=O) groups excluding carboxylic acids is 1. The molecule has 0 aliphatic rings. The van der Waals surface area contributed by atoms with Gasteiger partial charge in [0.1, 0.15) is 0 Å². The summed E-state index contributed by atoms with van der Waals surface area (Å²) in [6.07, 6.45) is 0.729. The molecule has 3 N–H and O–H groups in total. The number of nitrogens with two attached hydrogens (primary N) is 1. The van der Waals surface area contributed by atoms with Crippen LogP contribution in [-0.4, -0.2) is 28.5 Å². The van der Waals surface area contributed by atoms with Crippen LogP contribution in [-0.2, 0) is 21.2 Å². The Morgan fingerprint density at radius 3 is 2.24 bits per heavy atom. The van der Waals surface area contributed by atoms with Crippen molar-refractivity contribution >= 4 is 21.6 Å². The fourth-order valence-corrected chi connectivity index (χ4v) is 2.76. The van der Waals surface area contributed by atoms with Gasteiger partial charge >= 0.3 is 0 Å². The lowest BCUT2D eigenvalue weighted by Gasteiger charge is -2.10. The molecule has 0 aromatic heterocycles. The highest BCUT2D eigenvalue weighted by atomic mass is 32.2. The van der Waals surface area contributed by atoms with Gasteiger partial charge in [-0.1, -0.05) is 12.1 Å². The van der Waals surface area contributed by atoms with Crippen LogP contribution < -0.4 is 19.9 Å². The van der Waals surface area contributed by atoms with Gasteiger partial charge in [-0.05, 0) is 36.2 Å². The second-order valence-corrected chi connectivity index (χ2v) is 6.87. The van der Waals surface area contributed by atoms with E-state index in [-0.39, 0.29) is 17.2 Å². The molecule has 0 saturated heterocycles. The zero-order valence-electron chi connectivity index (χ0n) is 14.0. The minimum absolute atomic E-state index is 0.0472. The van der Waals surface area contributed by atoms with Crippen LogP contribution in [0.5, 0.6) is 11.5 Å². The lowest BCUT2D eigenvalue weighted by molar-refractivity contribution is -0.116. The number of hydrogen-bond donors (Lipinski definition) is 2. The predicted octanol–water partition coefficient (Wildman–Crippen LogP) is 1.92. The van der Waals surface area contributed by atoms with Crippen LogP contribution in [0.2, 0.25) is 0 Å². The van der Waals surface area contributed by atoms with Crippen molar-refractivity contribution in [1.82, 2.24) is 0 Å². The monoisotopic (exact) mass is 364 g/mol. The molecule has 0 radical (unpaired) electrons. The maximum Gasteiger partial charge on any atom is 0.238 e. The van der Waals surface area contributed by atoms with E-state index in [2.05, 4.69) is 5.32 Å². The van der Waals surface area contributed by atoms with Gasteiger partial charge in [0.05, 0.1) is 19.1 Å². The first-order chi connectivity index (χ1) is 11.8. The standard InChI is InChI=1S/C17H20N2O5S/c1-23-15-9-6-13(11-16(15)24-2)19-17(20)10-5-12-3-7-14(8-4-12)25(18,21)22/h3-4,6-9,11H,5,10H2,1-2H3,(H,19,20)(H2,18,21,22). The highest BCUT2D eigenvalue weighted by molar-refractivity contribution is 7.89. The molecule has 8 heteroatoms. The Balaban J connectivity index is 1.94. The molecule has 0 fully saturated rings. The minimum Gasteiger partial charge on any atom is -0.493 e. The van der Waals surface area contributed by atoms with Crippen molar-refractivity contribution in [1.29, 1.82) is 0 Å². The summed E-state index contributed by atoms with van der Waals surface area (Å²) in [5, 5.41) is 7.83. The topological polar surface area (TPSA) is 108 Å². The summed E-state index contributed by atoms with van der Waals surface area (Å²) in [4.78, 5) is 12.1. The van der Waals surface area contributed by atoms with Crippen molar-refractivity contribution in [2.45, 2.75) is 17.7 Å². The number of benzene rings is 2. The Hall–Kier alpha value is -2.58. The van der Waals surface area contributed by atoms with Gasteiger partial charge in [0.25, 0.3) is 0 Å². The molecule has 0 saturated carbocycles. The maximum atomic E-state index is 12.1. The number of rotatable bonds is 7. The van der Waals surface area contributed by atoms with Crippen LogP contribution in [0.3, 0.4) is 0 Å². The van der Waals surface area contributed by atoms with E-state index in [1.165, 1.54) is 26.4 Å². The molecule has 2 aromatic carbocycles. The van der Waals surface area contributed by atoms with Crippen molar-refractivity contribution in [3.05, 3.63) is 48.0 Å². The van der Waals surface area contributed by atoms with Crippen LogP contribution in [0.1, 0.15) is 12.0 Å². The number of carbonyl (C=O) groups is 1. The van der Waals surface area contributed by atoms with E-state index in [0.29, 0.717) is 23.6 Å². The van der Waals surface area contributed by atoms with Crippen molar-refractivity contribution in [2.75, 3.05) is 19.5 Å². The van der Waals surface area contributed by atoms with Crippen LogP contribution in [0.15, 0.2) is 47.4 Å². The first-order valence-corrected chi connectivity index (χ1v) is 9.01. The van der Waals surface area contributed by atoms with E-state index in [0.717, 1.165) is 5.56 Å². The molecule has 0 unspecified atom stereocenters. The smallest absolute Gasteiger partial charge is 0.238 e. The summed E-state index contributed by atoms with van der Waals surface area (Å²) in [6, 6.07) is 11.2. The van der Waals surface area contributed by atoms with Gasteiger partial charge in [-0.2, -0.15) is 0 Å². The van der Waals surface area contributed by atoms with Gasteiger partial charge in [0, 0.05) is 18.2 Å². The van der Waals surface area contributed by atoms with Crippen molar-refractivity contribution < 1.29 is 22.7 Å². The number of primary sulfonamides is 1. The first-order valence-electron chi connectivity index (χ1n) is 7.47. The van der Waals surface area contributed by atoms with Crippen molar-refractivity contribution in [2.24, 2.45) is 5.14 Å². The number of methoxy groups -OCH3 is 2. The van der Waals surface area contributed by atoms with E-state index >= 15 is 0 Å². The van der Waals surface area contributed by atoms with Crippen molar-refractivity contribution in [3.8, 4) is 11.5 Å². The minimum atomic E-state index is -3.71. The average Bonchev–Trinajstić information content (AvgIpc) is 2.59. The van der Waals surface area contributed by atoms with Gasteiger partial charge < -0.3 is 14.8 Å². The molecule has 134 valence electrons. The van der Waals surface area contributed by atoms with E-state index < -0.39 is 10.0 Å². The molecule has 25 heavy (non-hydrogen) atoms. The quantitative estimate of drug-likeness (QED) is 0.780. The third-order valence-electron chi connectivity index (χ3n) is 3.56. The van der Waals surface area contributed by atoms with Crippen LogP contribution in [0.4, 0.5) is 5.69 Å². The maximum absolute atomic E-state index is 12.1. The molecule has 0 bridgehead atoms. The van der Waals surface area contributed by atoms with Crippen LogP contribution >= 0.6 is 0 Å². The Morgan fingerprint density at radius 1 is 1.04 bits per heavy atom. The second-order valence-electron chi connectivity index (χ2n) is 5.31. The third-order valence-corrected chi connectivity index (χ3v) is 4.49. The fourth-order valence-electron chi connectivity index (χ4n) is 2.24. The lowest BCUT2D eigenvalue weighted by atomic mass is 10.1. The average molecular weight is 364 g/mol. The molecule has 2 aromatic rings. The Bertz CT molecular complexity index is 848. The number of amides is 1. The van der Waals surface area contributed by atoms with E-state index in [1.807, 2.05) is 0 Å².